The lowest BCUT2D eigenvalue weighted by molar-refractivity contribution is 0.0924. The third kappa shape index (κ3) is 5.06. The molecule has 1 aromatic heterocycles. The zero-order valence-corrected chi connectivity index (χ0v) is 17.9. The van der Waals surface area contributed by atoms with Crippen LogP contribution in [0.5, 0.6) is 5.75 Å². The van der Waals surface area contributed by atoms with Gasteiger partial charge in [-0.15, -0.1) is 12.4 Å². The van der Waals surface area contributed by atoms with Gasteiger partial charge in [0, 0.05) is 5.92 Å². The van der Waals surface area contributed by atoms with Crippen LogP contribution in [0.4, 0.5) is 0 Å². The van der Waals surface area contributed by atoms with E-state index in [-0.39, 0.29) is 19.0 Å². The fourth-order valence-corrected chi connectivity index (χ4v) is 3.25. The molecule has 1 heterocycles. The fraction of sp³-hybridized carbons (Fsp3) is 0.435. The third-order valence-electron chi connectivity index (χ3n) is 5.12. The number of aromatic nitrogens is 2. The molecule has 3 rings (SSSR count). The summed E-state index contributed by atoms with van der Waals surface area (Å²) in [5.74, 6) is 2.65. The molecule has 2 aromatic carbocycles. The number of para-hydroxylation sites is 2. The van der Waals surface area contributed by atoms with Crippen LogP contribution in [0.1, 0.15) is 57.3 Å². The summed E-state index contributed by atoms with van der Waals surface area (Å²) in [4.78, 5) is 4.79. The minimum absolute atomic E-state index is 0. The van der Waals surface area contributed by atoms with E-state index in [9.17, 15) is 5.11 Å². The van der Waals surface area contributed by atoms with Gasteiger partial charge in [-0.1, -0.05) is 52.0 Å². The lowest BCUT2D eigenvalue weighted by atomic mass is 10.0. The molecule has 0 saturated heterocycles. The first-order valence-corrected chi connectivity index (χ1v) is 9.85. The van der Waals surface area contributed by atoms with Crippen LogP contribution < -0.4 is 4.74 Å². The SMILES string of the molecule is CCC(C)c1nc2ccccc2n1CC(O)COc1ccc(C(C)C)cc1.Cl. The minimum atomic E-state index is -0.602. The van der Waals surface area contributed by atoms with E-state index in [1.165, 1.54) is 5.56 Å². The largest absolute Gasteiger partial charge is 0.491 e. The number of hydrogen-bond acceptors (Lipinski definition) is 3. The van der Waals surface area contributed by atoms with Crippen molar-refractivity contribution in [3.8, 4) is 5.75 Å². The molecular weight excluding hydrogens is 372 g/mol. The highest BCUT2D eigenvalue weighted by atomic mass is 35.5. The quantitative estimate of drug-likeness (QED) is 0.538. The number of benzene rings is 2. The normalized spacial score (nSPS) is 13.4. The van der Waals surface area contributed by atoms with Crippen molar-refractivity contribution in [2.24, 2.45) is 0 Å². The number of aliphatic hydroxyl groups excluding tert-OH is 1. The Balaban J connectivity index is 0.00000280. The summed E-state index contributed by atoms with van der Waals surface area (Å²) in [7, 11) is 0. The summed E-state index contributed by atoms with van der Waals surface area (Å²) >= 11 is 0. The molecule has 0 amide bonds. The van der Waals surface area contributed by atoms with Gasteiger partial charge in [0.1, 0.15) is 24.3 Å². The van der Waals surface area contributed by atoms with Crippen molar-refractivity contribution in [2.45, 2.75) is 58.6 Å². The first-order valence-electron chi connectivity index (χ1n) is 9.85. The topological polar surface area (TPSA) is 47.3 Å². The molecule has 152 valence electrons. The van der Waals surface area contributed by atoms with Gasteiger partial charge >= 0.3 is 0 Å². The summed E-state index contributed by atoms with van der Waals surface area (Å²) in [6.07, 6.45) is 0.410. The highest BCUT2D eigenvalue weighted by Gasteiger charge is 2.18. The van der Waals surface area contributed by atoms with Crippen molar-refractivity contribution < 1.29 is 9.84 Å². The average Bonchev–Trinajstić information content (AvgIpc) is 3.04. The molecule has 0 spiro atoms. The van der Waals surface area contributed by atoms with Gasteiger partial charge in [-0.05, 0) is 42.2 Å². The molecule has 1 N–H and O–H groups in total. The van der Waals surface area contributed by atoms with Gasteiger partial charge in [0.15, 0.2) is 0 Å². The van der Waals surface area contributed by atoms with Crippen LogP contribution in [-0.4, -0.2) is 27.4 Å². The summed E-state index contributed by atoms with van der Waals surface area (Å²) < 4.78 is 7.94. The predicted molar refractivity (Wildman–Crippen MR) is 118 cm³/mol. The molecular formula is C23H31ClN2O2. The molecule has 5 heteroatoms. The van der Waals surface area contributed by atoms with Gasteiger partial charge in [-0.25, -0.2) is 4.98 Å². The molecule has 28 heavy (non-hydrogen) atoms. The van der Waals surface area contributed by atoms with Gasteiger partial charge in [-0.2, -0.15) is 0 Å². The van der Waals surface area contributed by atoms with Gasteiger partial charge in [0.05, 0.1) is 17.6 Å². The van der Waals surface area contributed by atoms with Crippen LogP contribution in [0.15, 0.2) is 48.5 Å². The van der Waals surface area contributed by atoms with E-state index in [0.717, 1.165) is 29.0 Å². The summed E-state index contributed by atoms with van der Waals surface area (Å²) in [5.41, 5.74) is 3.32. The van der Waals surface area contributed by atoms with Crippen LogP contribution in [-0.2, 0) is 6.54 Å². The van der Waals surface area contributed by atoms with Crippen LogP contribution in [0.3, 0.4) is 0 Å². The maximum Gasteiger partial charge on any atom is 0.119 e. The molecule has 0 aliphatic heterocycles. The maximum atomic E-state index is 10.6. The van der Waals surface area contributed by atoms with Crippen LogP contribution in [0.2, 0.25) is 0 Å². The standard InChI is InChI=1S/C23H30N2O2.ClH/c1-5-17(4)23-24-21-8-6-7-9-22(21)25(23)14-19(26)15-27-20-12-10-18(11-13-20)16(2)3;/h6-13,16-17,19,26H,5,14-15H2,1-4H3;1H. The second-order valence-electron chi connectivity index (χ2n) is 7.57. The van der Waals surface area contributed by atoms with E-state index < -0.39 is 6.10 Å². The highest BCUT2D eigenvalue weighted by Crippen LogP contribution is 2.24. The molecule has 0 aliphatic rings. The first kappa shape index (κ1) is 22.3. The Morgan fingerprint density at radius 3 is 2.36 bits per heavy atom. The van der Waals surface area contributed by atoms with Crippen molar-refractivity contribution in [1.29, 1.82) is 0 Å². The van der Waals surface area contributed by atoms with E-state index in [0.29, 0.717) is 18.4 Å². The number of ether oxygens (including phenoxy) is 1. The molecule has 0 saturated carbocycles. The molecule has 0 fully saturated rings. The van der Waals surface area contributed by atoms with Crippen molar-refractivity contribution in [2.75, 3.05) is 6.61 Å². The molecule has 0 radical (unpaired) electrons. The average molecular weight is 403 g/mol. The molecule has 0 bridgehead atoms. The van der Waals surface area contributed by atoms with Crippen LogP contribution in [0.25, 0.3) is 11.0 Å². The van der Waals surface area contributed by atoms with Gasteiger partial charge in [-0.3, -0.25) is 0 Å². The van der Waals surface area contributed by atoms with Crippen molar-refractivity contribution >= 4 is 23.4 Å². The second kappa shape index (κ2) is 9.94. The number of nitrogens with zero attached hydrogens (tertiary/aromatic N) is 2. The number of rotatable bonds is 8. The Morgan fingerprint density at radius 2 is 1.71 bits per heavy atom. The van der Waals surface area contributed by atoms with E-state index in [4.69, 9.17) is 9.72 Å². The van der Waals surface area contributed by atoms with Crippen LogP contribution >= 0.6 is 12.4 Å². The Labute approximate surface area is 174 Å². The Morgan fingerprint density at radius 1 is 1.04 bits per heavy atom. The fourth-order valence-electron chi connectivity index (χ4n) is 3.25. The number of halogens is 1. The minimum Gasteiger partial charge on any atom is -0.491 e. The number of fused-ring (bicyclic) bond motifs is 1. The van der Waals surface area contributed by atoms with E-state index in [1.807, 2.05) is 30.3 Å². The first-order chi connectivity index (χ1) is 13.0. The van der Waals surface area contributed by atoms with Crippen molar-refractivity contribution in [3.05, 3.63) is 59.9 Å². The zero-order valence-electron chi connectivity index (χ0n) is 17.1. The molecule has 3 aromatic rings. The molecule has 4 nitrogen and oxygen atoms in total. The number of imidazole rings is 1. The lowest BCUT2D eigenvalue weighted by Crippen LogP contribution is -2.25. The summed E-state index contributed by atoms with van der Waals surface area (Å²) in [6, 6.07) is 16.2. The summed E-state index contributed by atoms with van der Waals surface area (Å²) in [5, 5.41) is 10.6. The lowest BCUT2D eigenvalue weighted by Gasteiger charge is -2.18. The molecule has 0 aliphatic carbocycles. The monoisotopic (exact) mass is 402 g/mol. The predicted octanol–water partition coefficient (Wildman–Crippen LogP) is 5.53. The zero-order chi connectivity index (χ0) is 19.4. The third-order valence-corrected chi connectivity index (χ3v) is 5.12. The Hall–Kier alpha value is -2.04. The maximum absolute atomic E-state index is 10.6. The van der Waals surface area contributed by atoms with Gasteiger partial charge in [0.25, 0.3) is 0 Å². The van der Waals surface area contributed by atoms with E-state index in [1.54, 1.807) is 0 Å². The molecule has 2 unspecified atom stereocenters. The van der Waals surface area contributed by atoms with Crippen molar-refractivity contribution in [1.82, 2.24) is 9.55 Å². The van der Waals surface area contributed by atoms with Gasteiger partial charge < -0.3 is 14.4 Å². The number of hydrogen-bond donors (Lipinski definition) is 1. The highest BCUT2D eigenvalue weighted by molar-refractivity contribution is 5.85. The van der Waals surface area contributed by atoms with E-state index in [2.05, 4.69) is 50.5 Å². The Kier molecular flexibility index (Phi) is 7.90. The van der Waals surface area contributed by atoms with E-state index >= 15 is 0 Å². The Bertz CT molecular complexity index is 874. The van der Waals surface area contributed by atoms with Crippen LogP contribution in [0, 0.1) is 0 Å². The van der Waals surface area contributed by atoms with Crippen molar-refractivity contribution in [3.63, 3.8) is 0 Å². The molecule has 2 atom stereocenters. The van der Waals surface area contributed by atoms with Gasteiger partial charge in [0.2, 0.25) is 0 Å². The second-order valence-corrected chi connectivity index (χ2v) is 7.57. The smallest absolute Gasteiger partial charge is 0.119 e. The number of aliphatic hydroxyl groups is 1. The summed E-state index contributed by atoms with van der Waals surface area (Å²) in [6.45, 7) is 9.41.